The van der Waals surface area contributed by atoms with E-state index in [1.54, 1.807) is 32.4 Å². The molecule has 1 fully saturated rings. The number of benzene rings is 3. The molecule has 50 heavy (non-hydrogen) atoms. The molecule has 1 aliphatic heterocycles. The van der Waals surface area contributed by atoms with Crippen molar-refractivity contribution in [2.75, 3.05) is 70.8 Å². The third-order valence-electron chi connectivity index (χ3n) is 8.44. The molecule has 0 radical (unpaired) electrons. The van der Waals surface area contributed by atoms with Crippen LogP contribution in [0.25, 0.3) is 0 Å². The highest BCUT2D eigenvalue weighted by Crippen LogP contribution is 2.41. The van der Waals surface area contributed by atoms with Crippen LogP contribution in [0.2, 0.25) is 5.02 Å². The highest BCUT2D eigenvalue weighted by atomic mass is 35.5. The maximum Gasteiger partial charge on any atom is 0.421 e. The average Bonchev–Trinajstić information content (AvgIpc) is 3.09. The number of aromatic nitrogens is 2. The molecule has 1 aliphatic rings. The fraction of sp³-hybridized carbons (Fsp3) is 0.378. The van der Waals surface area contributed by atoms with Crippen molar-refractivity contribution in [2.45, 2.75) is 33.7 Å². The Bertz CT molecular complexity index is 1780. The second kappa shape index (κ2) is 16.8. The Morgan fingerprint density at radius 3 is 2.38 bits per heavy atom. The predicted molar refractivity (Wildman–Crippen MR) is 193 cm³/mol. The third-order valence-corrected chi connectivity index (χ3v) is 8.68. The number of hydrogen-bond acceptors (Lipinski definition) is 10. The van der Waals surface area contributed by atoms with Crippen LogP contribution in [0.1, 0.15) is 28.7 Å². The van der Waals surface area contributed by atoms with Gasteiger partial charge in [-0.15, -0.1) is 0 Å². The summed E-state index contributed by atoms with van der Waals surface area (Å²) in [5, 5.41) is 3.51. The third kappa shape index (κ3) is 9.32. The Morgan fingerprint density at radius 2 is 1.68 bits per heavy atom. The Morgan fingerprint density at radius 1 is 0.960 bits per heavy atom. The summed E-state index contributed by atoms with van der Waals surface area (Å²) in [6.45, 7) is 11.1. The first kappa shape index (κ1) is 36.6. The number of anilines is 3. The normalized spacial score (nSPS) is 13.5. The fourth-order valence-corrected chi connectivity index (χ4v) is 6.08. The first-order chi connectivity index (χ1) is 24.0. The molecule has 5 rings (SSSR count). The van der Waals surface area contributed by atoms with Crippen LogP contribution >= 0.6 is 11.6 Å². The number of aryl methyl sites for hydroxylation is 3. The molecule has 13 heteroatoms. The molecule has 4 aromatic rings. The van der Waals surface area contributed by atoms with E-state index in [1.807, 2.05) is 32.9 Å². The van der Waals surface area contributed by atoms with E-state index in [0.29, 0.717) is 40.3 Å². The van der Waals surface area contributed by atoms with Crippen LogP contribution in [0, 0.1) is 26.6 Å². The van der Waals surface area contributed by atoms with E-state index in [4.69, 9.17) is 30.5 Å². The van der Waals surface area contributed by atoms with Gasteiger partial charge >= 0.3 is 6.09 Å². The molecule has 1 aromatic heterocycles. The highest BCUT2D eigenvalue weighted by Gasteiger charge is 2.24. The van der Waals surface area contributed by atoms with Crippen molar-refractivity contribution < 1.29 is 28.1 Å². The van der Waals surface area contributed by atoms with Crippen molar-refractivity contribution in [1.82, 2.24) is 19.8 Å². The van der Waals surface area contributed by atoms with Crippen LogP contribution in [-0.2, 0) is 6.54 Å². The van der Waals surface area contributed by atoms with Crippen molar-refractivity contribution in [3.8, 4) is 23.0 Å². The highest BCUT2D eigenvalue weighted by molar-refractivity contribution is 6.30. The smallest absolute Gasteiger partial charge is 0.421 e. The number of carbonyl (C=O) groups is 1. The molecule has 0 saturated carbocycles. The van der Waals surface area contributed by atoms with E-state index in [-0.39, 0.29) is 23.9 Å². The molecule has 0 aliphatic carbocycles. The maximum atomic E-state index is 14.9. The molecule has 11 nitrogen and oxygen atoms in total. The zero-order valence-electron chi connectivity index (χ0n) is 29.4. The van der Waals surface area contributed by atoms with Crippen LogP contribution in [-0.4, -0.2) is 86.5 Å². The van der Waals surface area contributed by atoms with Crippen molar-refractivity contribution >= 4 is 35.1 Å². The van der Waals surface area contributed by atoms with Crippen molar-refractivity contribution in [3.05, 3.63) is 87.8 Å². The van der Waals surface area contributed by atoms with Crippen molar-refractivity contribution in [1.29, 1.82) is 0 Å². The number of ether oxygens (including phenoxy) is 4. The molecule has 1 amide bonds. The van der Waals surface area contributed by atoms with Gasteiger partial charge in [0.25, 0.3) is 0 Å². The molecule has 0 bridgehead atoms. The minimum atomic E-state index is -0.748. The monoisotopic (exact) mass is 706 g/mol. The lowest BCUT2D eigenvalue weighted by Gasteiger charge is -2.32. The summed E-state index contributed by atoms with van der Waals surface area (Å²) < 4.78 is 38.3. The Labute approximate surface area is 297 Å². The molecule has 1 N–H and O–H groups in total. The summed E-state index contributed by atoms with van der Waals surface area (Å²) in [6, 6.07) is 13.1. The minimum absolute atomic E-state index is 0.169. The lowest BCUT2D eigenvalue weighted by Crippen LogP contribution is -2.44. The zero-order chi connectivity index (χ0) is 35.8. The number of nitrogens with zero attached hydrogens (tertiary/aromatic N) is 5. The Balaban J connectivity index is 1.38. The van der Waals surface area contributed by atoms with E-state index in [1.165, 1.54) is 29.3 Å². The van der Waals surface area contributed by atoms with Gasteiger partial charge in [0, 0.05) is 67.3 Å². The molecular weight excluding hydrogens is 663 g/mol. The van der Waals surface area contributed by atoms with Crippen LogP contribution < -0.4 is 29.2 Å². The number of methoxy groups -OCH3 is 2. The summed E-state index contributed by atoms with van der Waals surface area (Å²) in [7, 11) is 5.25. The minimum Gasteiger partial charge on any atom is -0.493 e. The Hall–Kier alpha value is -4.65. The van der Waals surface area contributed by atoms with Crippen LogP contribution in [0.5, 0.6) is 23.0 Å². The van der Waals surface area contributed by atoms with Gasteiger partial charge in [-0.2, -0.15) is 4.98 Å². The molecule has 2 heterocycles. The fourth-order valence-electron chi connectivity index (χ4n) is 5.88. The van der Waals surface area contributed by atoms with Gasteiger partial charge in [0.15, 0.2) is 11.5 Å². The summed E-state index contributed by atoms with van der Waals surface area (Å²) in [5.74, 6) is 1.65. The number of rotatable bonds is 13. The molecule has 0 atom stereocenters. The number of carbonyl (C=O) groups excluding carboxylic acids is 1. The number of halogens is 2. The average molecular weight is 707 g/mol. The molecule has 0 spiro atoms. The molecule has 0 unspecified atom stereocenters. The lowest BCUT2D eigenvalue weighted by molar-refractivity contribution is 0.145. The van der Waals surface area contributed by atoms with Gasteiger partial charge < -0.3 is 34.1 Å². The SMILES string of the molecule is COc1cc(Nc2nccc(N(Cc3cc(Cl)ccc3F)C(=O)Oc3c(C)cc(C)cc3C)n2)cc(OCCCN2CCN(C)CC2)c1OC. The van der Waals surface area contributed by atoms with Gasteiger partial charge in [-0.25, -0.2) is 14.2 Å². The number of amides is 1. The van der Waals surface area contributed by atoms with E-state index < -0.39 is 11.9 Å². The quantitative estimate of drug-likeness (QED) is 0.144. The largest absolute Gasteiger partial charge is 0.493 e. The molecule has 266 valence electrons. The van der Waals surface area contributed by atoms with E-state index in [0.717, 1.165) is 55.8 Å². The van der Waals surface area contributed by atoms with Crippen LogP contribution in [0.4, 0.5) is 26.6 Å². The number of likely N-dealkylation sites (N-methyl/N-ethyl adjacent to an activating group) is 1. The molecule has 3 aromatic carbocycles. The van der Waals surface area contributed by atoms with E-state index in [9.17, 15) is 9.18 Å². The van der Waals surface area contributed by atoms with Gasteiger partial charge in [0.2, 0.25) is 11.7 Å². The maximum absolute atomic E-state index is 14.9. The van der Waals surface area contributed by atoms with Gasteiger partial charge in [0.05, 0.1) is 27.4 Å². The van der Waals surface area contributed by atoms with Crippen molar-refractivity contribution in [3.63, 3.8) is 0 Å². The Kier molecular flexibility index (Phi) is 12.3. The summed E-state index contributed by atoms with van der Waals surface area (Å²) in [4.78, 5) is 28.8. The zero-order valence-corrected chi connectivity index (χ0v) is 30.1. The topological polar surface area (TPSA) is 102 Å². The number of piperazine rings is 1. The second-order valence-electron chi connectivity index (χ2n) is 12.3. The molecular formula is C37H44ClFN6O5. The predicted octanol–water partition coefficient (Wildman–Crippen LogP) is 7.18. The number of nitrogens with one attached hydrogen (secondary N) is 1. The van der Waals surface area contributed by atoms with Gasteiger partial charge in [0.1, 0.15) is 17.4 Å². The summed E-state index contributed by atoms with van der Waals surface area (Å²) >= 11 is 6.20. The van der Waals surface area contributed by atoms with Crippen LogP contribution in [0.15, 0.2) is 54.7 Å². The first-order valence-electron chi connectivity index (χ1n) is 16.5. The second-order valence-corrected chi connectivity index (χ2v) is 12.8. The summed E-state index contributed by atoms with van der Waals surface area (Å²) in [6.07, 6.45) is 1.60. The first-order valence-corrected chi connectivity index (χ1v) is 16.8. The van der Waals surface area contributed by atoms with E-state index >= 15 is 0 Å². The summed E-state index contributed by atoms with van der Waals surface area (Å²) in [5.41, 5.74) is 3.38. The van der Waals surface area contributed by atoms with Crippen molar-refractivity contribution in [2.24, 2.45) is 0 Å². The van der Waals surface area contributed by atoms with Crippen LogP contribution in [0.3, 0.4) is 0 Å². The molecule has 1 saturated heterocycles. The number of hydrogen-bond donors (Lipinski definition) is 1. The van der Waals surface area contributed by atoms with E-state index in [2.05, 4.69) is 32.1 Å². The lowest BCUT2D eigenvalue weighted by atomic mass is 10.1. The standard InChI is InChI=1S/C37H44ClFN6O5/c1-24-18-25(2)34(26(3)19-24)50-37(46)45(23-27-20-28(38)8-9-30(27)39)33-10-11-40-36(42-33)41-29-21-31(47-5)35(48-6)32(22-29)49-17-7-12-44-15-13-43(4)14-16-44/h8-11,18-22H,7,12-17,23H2,1-6H3,(H,40,41,42). The van der Waals surface area contributed by atoms with Gasteiger partial charge in [-0.05, 0) is 69.6 Å². The van der Waals surface area contributed by atoms with Gasteiger partial charge in [-0.1, -0.05) is 29.3 Å². The van der Waals surface area contributed by atoms with Gasteiger partial charge in [-0.3, -0.25) is 4.90 Å².